The second-order valence-electron chi connectivity index (χ2n) is 5.28. The minimum Gasteiger partial charge on any atom is -0.361 e. The lowest BCUT2D eigenvalue weighted by atomic mass is 9.84. The van der Waals surface area contributed by atoms with Gasteiger partial charge in [-0.2, -0.15) is 0 Å². The van der Waals surface area contributed by atoms with Gasteiger partial charge in [0.15, 0.2) is 5.17 Å². The van der Waals surface area contributed by atoms with Gasteiger partial charge in [-0.25, -0.2) is 0 Å². The lowest BCUT2D eigenvalue weighted by molar-refractivity contribution is 0.318. The number of aliphatic imine (C=N–C) groups is 1. The third kappa shape index (κ3) is 3.72. The summed E-state index contributed by atoms with van der Waals surface area (Å²) in [6.45, 7) is 8.32. The molecule has 1 aromatic rings. The van der Waals surface area contributed by atoms with E-state index in [1.165, 1.54) is 24.2 Å². The van der Waals surface area contributed by atoms with Gasteiger partial charge < -0.3 is 5.32 Å². The molecule has 19 heavy (non-hydrogen) atoms. The van der Waals surface area contributed by atoms with E-state index in [-0.39, 0.29) is 0 Å². The topological polar surface area (TPSA) is 37.3 Å². The predicted octanol–water partition coefficient (Wildman–Crippen LogP) is 3.39. The Bertz CT molecular complexity index is 435. The second kappa shape index (κ2) is 6.42. The molecule has 0 atom stereocenters. The summed E-state index contributed by atoms with van der Waals surface area (Å²) in [5.74, 6) is 1.18. The van der Waals surface area contributed by atoms with E-state index in [9.17, 15) is 0 Å². The Balaban J connectivity index is 1.88. The maximum Gasteiger partial charge on any atom is 0.156 e. The molecule has 4 heteroatoms. The number of aryl methyl sites for hydroxylation is 1. The van der Waals surface area contributed by atoms with E-state index in [2.05, 4.69) is 30.2 Å². The quantitative estimate of drug-likeness (QED) is 0.916. The first kappa shape index (κ1) is 14.4. The van der Waals surface area contributed by atoms with E-state index in [4.69, 9.17) is 4.99 Å². The second-order valence-corrected chi connectivity index (χ2v) is 6.24. The molecule has 104 valence electrons. The Kier molecular flexibility index (Phi) is 4.86. The largest absolute Gasteiger partial charge is 0.361 e. The highest BCUT2D eigenvalue weighted by atomic mass is 32.2. The van der Waals surface area contributed by atoms with Gasteiger partial charge in [0.05, 0.1) is 0 Å². The smallest absolute Gasteiger partial charge is 0.156 e. The van der Waals surface area contributed by atoms with Crippen molar-refractivity contribution in [2.75, 3.05) is 12.3 Å². The SMILES string of the molecule is CCC1(CC)CN=C(NCc2ccc(C)nc2)SC1. The highest BCUT2D eigenvalue weighted by Gasteiger charge is 2.29. The van der Waals surface area contributed by atoms with Crippen LogP contribution in [-0.4, -0.2) is 22.4 Å². The fourth-order valence-corrected chi connectivity index (χ4v) is 3.39. The molecule has 2 heterocycles. The fourth-order valence-electron chi connectivity index (χ4n) is 2.12. The van der Waals surface area contributed by atoms with Crippen LogP contribution < -0.4 is 5.32 Å². The summed E-state index contributed by atoms with van der Waals surface area (Å²) in [4.78, 5) is 9.01. The monoisotopic (exact) mass is 277 g/mol. The molecule has 1 aliphatic heterocycles. The van der Waals surface area contributed by atoms with Gasteiger partial charge in [-0.15, -0.1) is 0 Å². The first-order valence-electron chi connectivity index (χ1n) is 7.00. The average Bonchev–Trinajstić information content (AvgIpc) is 2.47. The van der Waals surface area contributed by atoms with E-state index in [0.29, 0.717) is 5.41 Å². The van der Waals surface area contributed by atoms with Crippen LogP contribution in [-0.2, 0) is 6.54 Å². The predicted molar refractivity (Wildman–Crippen MR) is 83.6 cm³/mol. The molecule has 1 aliphatic rings. The maximum absolute atomic E-state index is 4.71. The van der Waals surface area contributed by atoms with E-state index in [1.54, 1.807) is 0 Å². The van der Waals surface area contributed by atoms with Crippen molar-refractivity contribution in [1.82, 2.24) is 10.3 Å². The molecular formula is C15H23N3S. The van der Waals surface area contributed by atoms with Crippen molar-refractivity contribution in [2.45, 2.75) is 40.2 Å². The standard InChI is InChI=1S/C15H23N3S/c1-4-15(5-2)10-18-14(19-11-15)17-9-13-7-6-12(3)16-8-13/h6-8H,4-5,9-11H2,1-3H3,(H,17,18). The highest BCUT2D eigenvalue weighted by Crippen LogP contribution is 2.34. The number of nitrogens with zero attached hydrogens (tertiary/aromatic N) is 2. The molecule has 0 aromatic carbocycles. The Morgan fingerprint density at radius 1 is 1.32 bits per heavy atom. The molecule has 0 spiro atoms. The lowest BCUT2D eigenvalue weighted by Gasteiger charge is -2.33. The van der Waals surface area contributed by atoms with Crippen molar-refractivity contribution in [3.05, 3.63) is 29.6 Å². The van der Waals surface area contributed by atoms with Crippen LogP contribution >= 0.6 is 11.8 Å². The van der Waals surface area contributed by atoms with Crippen LogP contribution in [0.25, 0.3) is 0 Å². The highest BCUT2D eigenvalue weighted by molar-refractivity contribution is 8.13. The summed E-state index contributed by atoms with van der Waals surface area (Å²) >= 11 is 1.86. The number of aromatic nitrogens is 1. The van der Waals surface area contributed by atoms with Crippen LogP contribution in [0, 0.1) is 12.3 Å². The number of amidine groups is 1. The van der Waals surface area contributed by atoms with Crippen LogP contribution in [0.3, 0.4) is 0 Å². The molecule has 0 saturated carbocycles. The minimum atomic E-state index is 0.418. The van der Waals surface area contributed by atoms with Gasteiger partial charge in [0, 0.05) is 30.7 Å². The van der Waals surface area contributed by atoms with Crippen LogP contribution in [0.1, 0.15) is 37.9 Å². The Labute approximate surface area is 120 Å². The summed E-state index contributed by atoms with van der Waals surface area (Å²) in [6.07, 6.45) is 4.36. The summed E-state index contributed by atoms with van der Waals surface area (Å²) in [6, 6.07) is 4.16. The first-order chi connectivity index (χ1) is 9.17. The number of thioether (sulfide) groups is 1. The number of rotatable bonds is 4. The molecule has 0 bridgehead atoms. The molecule has 1 aromatic heterocycles. The molecule has 0 radical (unpaired) electrons. The average molecular weight is 277 g/mol. The summed E-state index contributed by atoms with van der Waals surface area (Å²) in [5, 5.41) is 4.50. The van der Waals surface area contributed by atoms with Crippen molar-refractivity contribution in [2.24, 2.45) is 10.4 Å². The Hall–Kier alpha value is -1.03. The molecule has 0 amide bonds. The number of nitrogens with one attached hydrogen (secondary N) is 1. The minimum absolute atomic E-state index is 0.418. The van der Waals surface area contributed by atoms with Gasteiger partial charge >= 0.3 is 0 Å². The molecule has 3 nitrogen and oxygen atoms in total. The van der Waals surface area contributed by atoms with Crippen LogP contribution in [0.2, 0.25) is 0 Å². The van der Waals surface area contributed by atoms with Crippen molar-refractivity contribution < 1.29 is 0 Å². The van der Waals surface area contributed by atoms with Crippen LogP contribution in [0.5, 0.6) is 0 Å². The third-order valence-corrected chi connectivity index (χ3v) is 5.29. The van der Waals surface area contributed by atoms with E-state index >= 15 is 0 Å². The summed E-state index contributed by atoms with van der Waals surface area (Å²) in [5.41, 5.74) is 2.68. The Morgan fingerprint density at radius 3 is 2.63 bits per heavy atom. The number of hydrogen-bond acceptors (Lipinski definition) is 4. The summed E-state index contributed by atoms with van der Waals surface area (Å²) < 4.78 is 0. The zero-order valence-electron chi connectivity index (χ0n) is 12.1. The molecule has 1 N–H and O–H groups in total. The maximum atomic E-state index is 4.71. The number of hydrogen-bond donors (Lipinski definition) is 1. The fraction of sp³-hybridized carbons (Fsp3) is 0.600. The van der Waals surface area contributed by atoms with Gasteiger partial charge in [-0.05, 0) is 36.8 Å². The van der Waals surface area contributed by atoms with E-state index in [0.717, 1.165) is 24.0 Å². The molecule has 2 rings (SSSR count). The van der Waals surface area contributed by atoms with Crippen molar-refractivity contribution in [1.29, 1.82) is 0 Å². The van der Waals surface area contributed by atoms with Gasteiger partial charge in [0.25, 0.3) is 0 Å². The van der Waals surface area contributed by atoms with Gasteiger partial charge in [-0.1, -0.05) is 31.7 Å². The van der Waals surface area contributed by atoms with Crippen molar-refractivity contribution in [3.63, 3.8) is 0 Å². The zero-order valence-corrected chi connectivity index (χ0v) is 12.9. The van der Waals surface area contributed by atoms with E-state index < -0.39 is 0 Å². The first-order valence-corrected chi connectivity index (χ1v) is 7.98. The third-order valence-electron chi connectivity index (χ3n) is 3.99. The lowest BCUT2D eigenvalue weighted by Crippen LogP contribution is -2.34. The molecule has 0 saturated heterocycles. The summed E-state index contributed by atoms with van der Waals surface area (Å²) in [7, 11) is 0. The van der Waals surface area contributed by atoms with Gasteiger partial charge in [0.1, 0.15) is 0 Å². The van der Waals surface area contributed by atoms with Crippen LogP contribution in [0.15, 0.2) is 23.3 Å². The van der Waals surface area contributed by atoms with Crippen molar-refractivity contribution >= 4 is 16.9 Å². The molecule has 0 fully saturated rings. The molecule has 0 aliphatic carbocycles. The van der Waals surface area contributed by atoms with E-state index in [1.807, 2.05) is 30.9 Å². The Morgan fingerprint density at radius 2 is 2.11 bits per heavy atom. The zero-order chi connectivity index (χ0) is 13.7. The molecular weight excluding hydrogens is 254 g/mol. The number of pyridine rings is 1. The van der Waals surface area contributed by atoms with Gasteiger partial charge in [-0.3, -0.25) is 9.98 Å². The van der Waals surface area contributed by atoms with Crippen LogP contribution in [0.4, 0.5) is 0 Å². The van der Waals surface area contributed by atoms with Crippen molar-refractivity contribution in [3.8, 4) is 0 Å². The normalized spacial score (nSPS) is 17.9. The van der Waals surface area contributed by atoms with Gasteiger partial charge in [0.2, 0.25) is 0 Å². The molecule has 0 unspecified atom stereocenters.